The van der Waals surface area contributed by atoms with Gasteiger partial charge in [0, 0.05) is 40.8 Å². The van der Waals surface area contributed by atoms with Gasteiger partial charge in [0.15, 0.2) is 0 Å². The van der Waals surface area contributed by atoms with Gasteiger partial charge in [-0.05, 0) is 216 Å². The van der Waals surface area contributed by atoms with E-state index in [4.69, 9.17) is 47.4 Å². The molecule has 2 aliphatic carbocycles. The molecule has 0 N–H and O–H groups in total. The minimum atomic E-state index is -0.498. The summed E-state index contributed by atoms with van der Waals surface area (Å²) in [4.78, 5) is 39.4. The zero-order chi connectivity index (χ0) is 57.7. The number of carbonyl (C=O) groups is 2. The predicted octanol–water partition coefficient (Wildman–Crippen LogP) is 14.8. The maximum atomic E-state index is 13.1. The Balaban J connectivity index is 0.000000171. The number of likely N-dealkylation sites (tertiary alicyclic amines) is 2. The average molecular weight is 1530 g/mol. The Morgan fingerprint density at radius 2 is 0.924 bits per heavy atom. The molecule has 0 spiro atoms. The Morgan fingerprint density at radius 1 is 0.582 bits per heavy atom. The van der Waals surface area contributed by atoms with E-state index in [2.05, 4.69) is 134 Å². The van der Waals surface area contributed by atoms with Crippen LogP contribution in [0.4, 0.5) is 21.0 Å². The number of hydrogen-bond donors (Lipinski definition) is 0. The van der Waals surface area contributed by atoms with Crippen molar-refractivity contribution < 1.29 is 51.9 Å². The van der Waals surface area contributed by atoms with Crippen molar-refractivity contribution in [2.75, 3.05) is 0 Å². The summed E-state index contributed by atoms with van der Waals surface area (Å²) in [7, 11) is -1.33. The maximum absolute atomic E-state index is 13.1. The Bertz CT molecular complexity index is 2580. The fraction of sp³-hybridized carbons (Fsp3) is 0.719. The van der Waals surface area contributed by atoms with Gasteiger partial charge in [0.05, 0.1) is 57.1 Å². The van der Waals surface area contributed by atoms with Crippen LogP contribution < -0.4 is 5.46 Å². The van der Waals surface area contributed by atoms with Crippen molar-refractivity contribution in [3.05, 3.63) is 52.0 Å². The number of ether oxygens (including phenoxy) is 2. The van der Waals surface area contributed by atoms with Crippen LogP contribution in [0.25, 0.3) is 0 Å². The molecular weight excluding hydrogens is 1440 g/mol. The zero-order valence-corrected chi connectivity index (χ0v) is 58.6. The van der Waals surface area contributed by atoms with Crippen molar-refractivity contribution in [1.29, 1.82) is 0 Å². The van der Waals surface area contributed by atoms with Crippen molar-refractivity contribution >= 4 is 137 Å². The third-order valence-electron chi connectivity index (χ3n) is 17.8. The number of piperidine rings is 2. The molecule has 0 radical (unpaired) electrons. The summed E-state index contributed by atoms with van der Waals surface area (Å²) < 4.78 is 48.9. The van der Waals surface area contributed by atoms with Crippen molar-refractivity contribution in [1.82, 2.24) is 9.80 Å². The molecule has 5 saturated heterocycles. The molecule has 7 heterocycles. The molecule has 2 amide bonds. The first-order chi connectivity index (χ1) is 35.8. The van der Waals surface area contributed by atoms with Gasteiger partial charge < -0.3 is 37.4 Å². The molecule has 7 aliphatic heterocycles. The van der Waals surface area contributed by atoms with E-state index < -0.39 is 25.2 Å². The van der Waals surface area contributed by atoms with E-state index in [1.54, 1.807) is 0 Å². The Morgan fingerprint density at radius 3 is 1.29 bits per heavy atom. The van der Waals surface area contributed by atoms with E-state index in [-0.39, 0.29) is 83.4 Å². The van der Waals surface area contributed by atoms with Gasteiger partial charge in [-0.15, -0.1) is 0 Å². The second-order valence-electron chi connectivity index (χ2n) is 27.4. The van der Waals surface area contributed by atoms with Crippen LogP contribution in [0.3, 0.4) is 0 Å². The van der Waals surface area contributed by atoms with Gasteiger partial charge in [0.1, 0.15) is 11.2 Å². The molecule has 79 heavy (non-hydrogen) atoms. The molecule has 2 aromatic rings. The van der Waals surface area contributed by atoms with Crippen LogP contribution in [-0.2, 0) is 55.2 Å². The first kappa shape index (κ1) is 66.1. The molecule has 0 unspecified atom stereocenters. The van der Waals surface area contributed by atoms with E-state index in [9.17, 15) is 9.59 Å². The van der Waals surface area contributed by atoms with Gasteiger partial charge >= 0.3 is 98.2 Å². The van der Waals surface area contributed by atoms with Crippen LogP contribution in [0.5, 0.6) is 0 Å². The molecule has 4 bridgehead atoms. The van der Waals surface area contributed by atoms with Gasteiger partial charge in [0.25, 0.3) is 0 Å². The van der Waals surface area contributed by atoms with Crippen molar-refractivity contribution in [2.45, 2.75) is 252 Å². The third kappa shape index (κ3) is 14.5. The number of halogens is 4. The standard InChI is InChI=1S/C25H35BN2O4.C19H23BrN2O2.C12H24B2O4.CH4.3HI.V/c1-23(2,3)30-22(29)28-18-10-8-15(13-18)21(28)20-14-16-12-17(9-11-19(16)27-20)26-31-24(4,5)25(6,7)32-26;1-19(2,3)24-18(23)22-14-6-4-11(9-14)17(22)16-10-12-8-13(20)5-7-15(12)21-16;1-9(2)10(3,4)16-13(15-9)14-17-11(5,6)12(7,8)18-14;;;;;/h9,11-12,15,18,21H,8,10,13-14H2,1-7H3;5,7-8,11,14,17H,4,6,9-10H2,1-3H3;1-8H3;1H4;3*1H;/q;;;;;;;+3/p-3/t15-,18+,21-;11-,14+,17-;;;;;;/m00....../s1. The molecular formula is C57H86B3BrI3N4O10V. The van der Waals surface area contributed by atoms with Crippen molar-refractivity contribution in [3.63, 3.8) is 0 Å². The fourth-order valence-corrected chi connectivity index (χ4v) is 12.3. The summed E-state index contributed by atoms with van der Waals surface area (Å²) >= 11 is 10.9. The van der Waals surface area contributed by atoms with Gasteiger partial charge in [-0.25, -0.2) is 9.59 Å². The topological polar surface area (TPSA) is 139 Å². The SMILES string of the molecule is C.CC(C)(C)OC(=O)N1[C@@H]2CC[C@@H](C2)[C@H]1C1=Nc2ccc(B3OC(C)(C)C(C)(C)O3)cc2C1.CC(C)(C)OC(=O)N1[C@@H]2CC[C@@H](C2)[C@H]1C1=Nc2ccc(Br)cc2C1.CC1(C)OB(B2OC(C)(C)C(C)(C)O2)OC1(C)C.[I][V]([I])[I]. The van der Waals surface area contributed by atoms with Crippen LogP contribution in [-0.4, -0.2) is 124 Å². The molecule has 7 fully saturated rings. The second-order valence-corrected chi connectivity index (χ2v) is 63.7. The Labute approximate surface area is 520 Å². The molecule has 14 nitrogen and oxygen atoms in total. The number of hydrogen-bond acceptors (Lipinski definition) is 12. The fourth-order valence-electron chi connectivity index (χ4n) is 11.9. The summed E-state index contributed by atoms with van der Waals surface area (Å²) in [5.41, 5.74) is 4.56. The minimum absolute atomic E-state index is 0. The van der Waals surface area contributed by atoms with Crippen LogP contribution in [0.1, 0.15) is 182 Å². The Hall–Kier alpha value is -0.471. The van der Waals surface area contributed by atoms with Crippen LogP contribution >= 0.6 is 75.9 Å². The average Bonchev–Trinajstić information content (AvgIpc) is 4.16. The number of fused-ring (bicyclic) bond motifs is 6. The van der Waals surface area contributed by atoms with E-state index in [0.717, 1.165) is 77.7 Å². The second kappa shape index (κ2) is 24.0. The molecule has 0 aromatic heterocycles. The van der Waals surface area contributed by atoms with Gasteiger partial charge in [0.2, 0.25) is 0 Å². The predicted molar refractivity (Wildman–Crippen MR) is 345 cm³/mol. The first-order valence-electron chi connectivity index (χ1n) is 27.7. The van der Waals surface area contributed by atoms with Crippen molar-refractivity contribution in [3.8, 4) is 0 Å². The van der Waals surface area contributed by atoms with Crippen LogP contribution in [0, 0.1) is 11.8 Å². The number of amides is 2. The molecule has 6 atom stereocenters. The molecule has 2 saturated carbocycles. The molecule has 2 aromatic carbocycles. The van der Waals surface area contributed by atoms with Gasteiger partial charge in [-0.3, -0.25) is 19.8 Å². The van der Waals surface area contributed by atoms with E-state index >= 15 is 0 Å². The molecule has 22 heteroatoms. The molecule has 9 aliphatic rings. The summed E-state index contributed by atoms with van der Waals surface area (Å²) in [5.74, 6) is 1.00. The summed E-state index contributed by atoms with van der Waals surface area (Å²) in [6.45, 7) is 36.0. The van der Waals surface area contributed by atoms with Crippen molar-refractivity contribution in [2.24, 2.45) is 21.8 Å². The summed E-state index contributed by atoms with van der Waals surface area (Å²) in [6.07, 6.45) is 7.85. The summed E-state index contributed by atoms with van der Waals surface area (Å²) in [6, 6.07) is 13.2. The normalized spacial score (nSPS) is 28.4. The molecule has 11 rings (SSSR count). The quantitative estimate of drug-likeness (QED) is 0.215. The van der Waals surface area contributed by atoms with Crippen LogP contribution in [0.15, 0.2) is 50.9 Å². The number of benzene rings is 2. The van der Waals surface area contributed by atoms with Gasteiger partial charge in [-0.1, -0.05) is 35.5 Å². The number of carbonyl (C=O) groups excluding carboxylic acids is 2. The number of nitrogens with zero attached hydrogens (tertiary/aromatic N) is 4. The van der Waals surface area contributed by atoms with Gasteiger partial charge in [-0.2, -0.15) is 0 Å². The number of rotatable bonds is 4. The number of aliphatic imine (C=N–C) groups is 2. The van der Waals surface area contributed by atoms with E-state index in [0.29, 0.717) is 17.9 Å². The zero-order valence-electron chi connectivity index (χ0n) is 49.1. The van der Waals surface area contributed by atoms with E-state index in [1.807, 2.05) is 113 Å². The van der Waals surface area contributed by atoms with Crippen LogP contribution in [0.2, 0.25) is 0 Å². The third-order valence-corrected chi connectivity index (χ3v) is 18.3. The summed E-state index contributed by atoms with van der Waals surface area (Å²) in [5, 5.41) is 0. The first-order valence-corrected chi connectivity index (χ1v) is 42.0. The van der Waals surface area contributed by atoms with E-state index in [1.165, 1.54) is 17.5 Å². The molecule has 436 valence electrons. The Kier molecular flexibility index (Phi) is 20.1. The monoisotopic (exact) mass is 1530 g/mol.